The fourth-order valence-electron chi connectivity index (χ4n) is 4.83. The van der Waals surface area contributed by atoms with Crippen LogP contribution in [-0.4, -0.2) is 34.5 Å². The second-order valence-corrected chi connectivity index (χ2v) is 12.2. The van der Waals surface area contributed by atoms with Crippen molar-refractivity contribution in [3.63, 3.8) is 0 Å². The van der Waals surface area contributed by atoms with Crippen molar-refractivity contribution >= 4 is 15.8 Å². The van der Waals surface area contributed by atoms with Crippen LogP contribution < -0.4 is 10.4 Å². The number of anilines is 1. The smallest absolute Gasteiger partial charge is 0.346 e. The highest BCUT2D eigenvalue weighted by molar-refractivity contribution is 7.92. The average Bonchev–Trinajstić information content (AvgIpc) is 3.71. The Bertz CT molecular complexity index is 1700. The summed E-state index contributed by atoms with van der Waals surface area (Å²) >= 11 is 0. The van der Waals surface area contributed by atoms with E-state index in [9.17, 15) is 13.2 Å². The third-order valence-electron chi connectivity index (χ3n) is 7.44. The van der Waals surface area contributed by atoms with E-state index in [2.05, 4.69) is 21.9 Å². The maximum atomic E-state index is 13.5. The third-order valence-corrected chi connectivity index (χ3v) is 8.83. The number of rotatable bonds is 13. The summed E-state index contributed by atoms with van der Waals surface area (Å²) in [5, 5.41) is 8.55. The molecule has 2 aromatic carbocycles. The number of ether oxygens (including phenoxy) is 1. The molecule has 0 atom stereocenters. The second kappa shape index (κ2) is 12.0. The van der Waals surface area contributed by atoms with Crippen LogP contribution in [0.15, 0.2) is 56.7 Å². The monoisotopic (exact) mass is 579 g/mol. The molecule has 41 heavy (non-hydrogen) atoms. The molecule has 1 saturated carbocycles. The van der Waals surface area contributed by atoms with Crippen molar-refractivity contribution in [3.8, 4) is 11.1 Å². The minimum Gasteiger partial charge on any atom is -0.377 e. The fourth-order valence-corrected chi connectivity index (χ4v) is 6.11. The quantitative estimate of drug-likeness (QED) is 0.226. The van der Waals surface area contributed by atoms with Crippen molar-refractivity contribution < 1.29 is 17.7 Å². The van der Waals surface area contributed by atoms with Gasteiger partial charge in [0.05, 0.1) is 24.1 Å². The van der Waals surface area contributed by atoms with Crippen LogP contribution in [-0.2, 0) is 34.3 Å². The highest BCUT2D eigenvalue weighted by Gasteiger charge is 2.29. The summed E-state index contributed by atoms with van der Waals surface area (Å²) in [4.78, 5) is 13.4. The first-order valence-corrected chi connectivity index (χ1v) is 15.6. The first-order chi connectivity index (χ1) is 19.7. The lowest BCUT2D eigenvalue weighted by Gasteiger charge is -2.16. The van der Waals surface area contributed by atoms with Crippen LogP contribution in [0.5, 0.6) is 0 Å². The van der Waals surface area contributed by atoms with E-state index in [1.165, 1.54) is 0 Å². The molecule has 10 nitrogen and oxygen atoms in total. The van der Waals surface area contributed by atoms with Gasteiger partial charge in [-0.05, 0) is 62.8 Å². The third kappa shape index (κ3) is 6.15. The van der Waals surface area contributed by atoms with Crippen LogP contribution in [0, 0.1) is 13.8 Å². The molecule has 0 saturated heterocycles. The number of benzene rings is 2. The summed E-state index contributed by atoms with van der Waals surface area (Å²) < 4.78 is 44.0. The van der Waals surface area contributed by atoms with E-state index in [1.54, 1.807) is 41.3 Å². The van der Waals surface area contributed by atoms with E-state index in [1.807, 2.05) is 31.2 Å². The number of hydrogen-bond acceptors (Lipinski definition) is 7. The molecule has 5 rings (SSSR count). The molecule has 0 bridgehead atoms. The van der Waals surface area contributed by atoms with Crippen LogP contribution in [0.3, 0.4) is 0 Å². The predicted octanol–water partition coefficient (Wildman–Crippen LogP) is 5.38. The second-order valence-electron chi connectivity index (χ2n) is 10.5. The normalized spacial score (nSPS) is 13.6. The molecule has 4 aromatic rings. The van der Waals surface area contributed by atoms with Crippen molar-refractivity contribution in [1.29, 1.82) is 0 Å². The Morgan fingerprint density at radius 2 is 1.88 bits per heavy atom. The zero-order chi connectivity index (χ0) is 29.1. The average molecular weight is 580 g/mol. The molecular weight excluding hydrogens is 542 g/mol. The topological polar surface area (TPSA) is 121 Å². The standard InChI is InChI=1S/C30H37N5O5S/c1-5-7-12-28-31-35(24-14-15-24)30(36)34(28)18-22-13-16-25(23(17-22)19-39-6-2)26-10-8-9-11-27(26)41(37,38)33-29-20(3)21(4)40-32-29/h8-11,13,16-17,24H,5-7,12,14-15,18-19H2,1-4H3,(H,32,33). The van der Waals surface area contributed by atoms with E-state index in [0.29, 0.717) is 36.6 Å². The summed E-state index contributed by atoms with van der Waals surface area (Å²) in [7, 11) is -3.99. The Hall–Kier alpha value is -3.70. The number of nitrogens with zero attached hydrogens (tertiary/aromatic N) is 4. The van der Waals surface area contributed by atoms with Gasteiger partial charge < -0.3 is 9.26 Å². The lowest BCUT2D eigenvalue weighted by Crippen LogP contribution is -2.25. The number of nitrogens with one attached hydrogen (secondary N) is 1. The molecule has 218 valence electrons. The minimum absolute atomic E-state index is 0.0741. The van der Waals surface area contributed by atoms with Gasteiger partial charge in [0.1, 0.15) is 11.6 Å². The largest absolute Gasteiger partial charge is 0.377 e. The molecule has 2 heterocycles. The highest BCUT2D eigenvalue weighted by Crippen LogP contribution is 2.34. The van der Waals surface area contributed by atoms with Crippen molar-refractivity contribution in [3.05, 3.63) is 81.2 Å². The van der Waals surface area contributed by atoms with Crippen LogP contribution >= 0.6 is 0 Å². The van der Waals surface area contributed by atoms with Gasteiger partial charge in [-0.2, -0.15) is 5.10 Å². The van der Waals surface area contributed by atoms with E-state index in [4.69, 9.17) is 9.26 Å². The summed E-state index contributed by atoms with van der Waals surface area (Å²) in [5.74, 6) is 1.52. The number of aromatic nitrogens is 4. The Morgan fingerprint density at radius 1 is 1.10 bits per heavy atom. The summed E-state index contributed by atoms with van der Waals surface area (Å²) in [6.07, 6.45) is 4.71. The van der Waals surface area contributed by atoms with Crippen LogP contribution in [0.4, 0.5) is 5.82 Å². The van der Waals surface area contributed by atoms with Crippen molar-refractivity contribution in [2.75, 3.05) is 11.3 Å². The number of unbranched alkanes of at least 4 members (excludes halogenated alkanes) is 1. The van der Waals surface area contributed by atoms with Crippen LogP contribution in [0.2, 0.25) is 0 Å². The number of sulfonamides is 1. The number of hydrogen-bond donors (Lipinski definition) is 1. The molecule has 0 spiro atoms. The first kappa shape index (κ1) is 28.8. The highest BCUT2D eigenvalue weighted by atomic mass is 32.2. The Labute approximate surface area is 240 Å². The lowest BCUT2D eigenvalue weighted by atomic mass is 9.97. The van der Waals surface area contributed by atoms with Gasteiger partial charge in [0.15, 0.2) is 5.82 Å². The molecule has 0 amide bonds. The summed E-state index contributed by atoms with van der Waals surface area (Å²) in [6.45, 7) is 8.71. The van der Waals surface area contributed by atoms with Gasteiger partial charge in [-0.1, -0.05) is 54.9 Å². The maximum Gasteiger partial charge on any atom is 0.346 e. The fraction of sp³-hybridized carbons (Fsp3) is 0.433. The molecule has 0 aliphatic heterocycles. The van der Waals surface area contributed by atoms with Crippen molar-refractivity contribution in [1.82, 2.24) is 19.5 Å². The Kier molecular flexibility index (Phi) is 8.46. The van der Waals surface area contributed by atoms with E-state index in [-0.39, 0.29) is 22.4 Å². The number of aryl methyl sites for hydroxylation is 2. The summed E-state index contributed by atoms with van der Waals surface area (Å²) in [5.41, 5.74) is 3.59. The van der Waals surface area contributed by atoms with E-state index < -0.39 is 10.0 Å². The van der Waals surface area contributed by atoms with Gasteiger partial charge in [0, 0.05) is 24.2 Å². The maximum absolute atomic E-state index is 13.5. The van der Waals surface area contributed by atoms with E-state index in [0.717, 1.165) is 54.6 Å². The molecule has 1 fully saturated rings. The van der Waals surface area contributed by atoms with Gasteiger partial charge in [-0.3, -0.25) is 9.29 Å². The van der Waals surface area contributed by atoms with Gasteiger partial charge in [0.25, 0.3) is 10.0 Å². The first-order valence-electron chi connectivity index (χ1n) is 14.2. The van der Waals surface area contributed by atoms with Gasteiger partial charge >= 0.3 is 5.69 Å². The molecule has 1 aliphatic rings. The van der Waals surface area contributed by atoms with Gasteiger partial charge in [0.2, 0.25) is 0 Å². The molecular formula is C30H37N5O5S. The van der Waals surface area contributed by atoms with Gasteiger partial charge in [-0.15, -0.1) is 0 Å². The van der Waals surface area contributed by atoms with E-state index >= 15 is 0 Å². The lowest BCUT2D eigenvalue weighted by molar-refractivity contribution is 0.134. The molecule has 1 N–H and O–H groups in total. The zero-order valence-corrected chi connectivity index (χ0v) is 24.8. The SMILES string of the molecule is CCCCc1nn(C2CC2)c(=O)n1Cc1ccc(-c2ccccc2S(=O)(=O)Nc2noc(C)c2C)c(COCC)c1. The summed E-state index contributed by atoms with van der Waals surface area (Å²) in [6, 6.07) is 12.9. The zero-order valence-electron chi connectivity index (χ0n) is 24.0. The molecule has 11 heteroatoms. The minimum atomic E-state index is -3.99. The van der Waals surface area contributed by atoms with Crippen molar-refractivity contribution in [2.24, 2.45) is 0 Å². The van der Waals surface area contributed by atoms with Gasteiger partial charge in [-0.25, -0.2) is 17.9 Å². The Morgan fingerprint density at radius 3 is 2.56 bits per heavy atom. The molecule has 0 radical (unpaired) electrons. The molecule has 2 aromatic heterocycles. The predicted molar refractivity (Wildman–Crippen MR) is 156 cm³/mol. The van der Waals surface area contributed by atoms with Crippen molar-refractivity contribution in [2.45, 2.75) is 83.9 Å². The molecule has 1 aliphatic carbocycles. The van der Waals surface area contributed by atoms with Crippen LogP contribution in [0.1, 0.15) is 73.8 Å². The van der Waals surface area contributed by atoms with Crippen LogP contribution in [0.25, 0.3) is 11.1 Å². The Balaban J connectivity index is 1.52. The molecule has 0 unspecified atom stereocenters.